The molecule has 0 bridgehead atoms. The van der Waals surface area contributed by atoms with Crippen molar-refractivity contribution in [2.75, 3.05) is 19.2 Å². The number of benzene rings is 2. The fourth-order valence-electron chi connectivity index (χ4n) is 4.76. The van der Waals surface area contributed by atoms with Crippen LogP contribution < -0.4 is 14.8 Å². The van der Waals surface area contributed by atoms with E-state index in [0.717, 1.165) is 23.4 Å². The van der Waals surface area contributed by atoms with Crippen LogP contribution >= 0.6 is 11.3 Å². The van der Waals surface area contributed by atoms with Gasteiger partial charge in [0.1, 0.15) is 5.01 Å². The van der Waals surface area contributed by atoms with Crippen LogP contribution in [0.15, 0.2) is 42.5 Å². The van der Waals surface area contributed by atoms with Gasteiger partial charge in [-0.25, -0.2) is 0 Å². The maximum atomic E-state index is 13.7. The van der Waals surface area contributed by atoms with E-state index in [-0.39, 0.29) is 18.6 Å². The third-order valence-corrected chi connectivity index (χ3v) is 7.73. The molecule has 1 saturated carbocycles. The Labute approximate surface area is 194 Å². The number of anilines is 1. The molecule has 0 saturated heterocycles. The van der Waals surface area contributed by atoms with Gasteiger partial charge >= 0.3 is 0 Å². The normalized spacial score (nSPS) is 21.5. The molecule has 3 aromatic rings. The van der Waals surface area contributed by atoms with Crippen molar-refractivity contribution in [3.05, 3.63) is 64.2 Å². The molecule has 3 heterocycles. The third-order valence-electron chi connectivity index (χ3n) is 6.73. The molecule has 1 N–H and O–H groups in total. The molecule has 0 radical (unpaired) electrons. The maximum Gasteiger partial charge on any atom is 0.254 e. The Morgan fingerprint density at radius 1 is 1.12 bits per heavy atom. The lowest BCUT2D eigenvalue weighted by molar-refractivity contribution is -0.119. The van der Waals surface area contributed by atoms with Gasteiger partial charge in [0.05, 0.1) is 12.0 Å². The minimum Gasteiger partial charge on any atom is -0.454 e. The van der Waals surface area contributed by atoms with E-state index in [9.17, 15) is 9.59 Å². The third kappa shape index (κ3) is 3.34. The Balaban J connectivity index is 1.38. The molecule has 33 heavy (non-hydrogen) atoms. The molecule has 0 spiro atoms. The number of aromatic nitrogens is 2. The highest BCUT2D eigenvalue weighted by Crippen LogP contribution is 2.45. The highest BCUT2D eigenvalue weighted by molar-refractivity contribution is 7.15. The van der Waals surface area contributed by atoms with Crippen LogP contribution in [0.25, 0.3) is 0 Å². The van der Waals surface area contributed by atoms with Crippen LogP contribution in [0.3, 0.4) is 0 Å². The van der Waals surface area contributed by atoms with Gasteiger partial charge < -0.3 is 14.4 Å². The number of amides is 2. The fraction of sp³-hybridized carbons (Fsp3) is 0.333. The number of likely N-dealkylation sites (N-methyl/N-ethyl adjacent to an activating group) is 1. The lowest BCUT2D eigenvalue weighted by Crippen LogP contribution is -2.44. The molecule has 2 atom stereocenters. The van der Waals surface area contributed by atoms with Crippen LogP contribution in [0.5, 0.6) is 11.5 Å². The number of hydrogen-bond acceptors (Lipinski definition) is 7. The monoisotopic (exact) mass is 462 g/mol. The first kappa shape index (κ1) is 20.2. The van der Waals surface area contributed by atoms with Crippen molar-refractivity contribution >= 4 is 28.3 Å². The van der Waals surface area contributed by atoms with Crippen molar-refractivity contribution in [1.82, 2.24) is 15.1 Å². The van der Waals surface area contributed by atoms with Crippen molar-refractivity contribution < 1.29 is 19.1 Å². The molecule has 2 amide bonds. The summed E-state index contributed by atoms with van der Waals surface area (Å²) in [5.74, 6) is 0.748. The van der Waals surface area contributed by atoms with E-state index in [1.54, 1.807) is 18.0 Å². The van der Waals surface area contributed by atoms with Gasteiger partial charge in [-0.05, 0) is 42.2 Å². The summed E-state index contributed by atoms with van der Waals surface area (Å²) in [6.45, 7) is 0.158. The van der Waals surface area contributed by atoms with Crippen LogP contribution in [0.4, 0.5) is 5.13 Å². The van der Waals surface area contributed by atoms with Gasteiger partial charge in [-0.1, -0.05) is 42.0 Å². The summed E-state index contributed by atoms with van der Waals surface area (Å²) in [6.07, 6.45) is 3.46. The average Bonchev–Trinajstić information content (AvgIpc) is 3.43. The largest absolute Gasteiger partial charge is 0.454 e. The fourth-order valence-corrected chi connectivity index (χ4v) is 5.67. The predicted molar refractivity (Wildman–Crippen MR) is 122 cm³/mol. The number of nitrogens with one attached hydrogen (secondary N) is 1. The topological polar surface area (TPSA) is 93.7 Å². The summed E-state index contributed by atoms with van der Waals surface area (Å²) in [6, 6.07) is 12.3. The molecule has 1 aromatic heterocycles. The van der Waals surface area contributed by atoms with Crippen LogP contribution in [0.2, 0.25) is 0 Å². The maximum absolute atomic E-state index is 13.7. The summed E-state index contributed by atoms with van der Waals surface area (Å²) < 4.78 is 11.0. The van der Waals surface area contributed by atoms with Crippen LogP contribution in [0, 0.1) is 0 Å². The Hall–Kier alpha value is -3.46. The van der Waals surface area contributed by atoms with Gasteiger partial charge in [0.2, 0.25) is 17.8 Å². The van der Waals surface area contributed by atoms with Crippen LogP contribution in [0.1, 0.15) is 63.6 Å². The van der Waals surface area contributed by atoms with Gasteiger partial charge in [0.15, 0.2) is 11.5 Å². The van der Waals surface area contributed by atoms with Gasteiger partial charge in [0.25, 0.3) is 5.91 Å². The summed E-state index contributed by atoms with van der Waals surface area (Å²) in [5.41, 5.74) is 2.03. The number of ether oxygens (including phenoxy) is 2. The van der Waals surface area contributed by atoms with E-state index in [1.165, 1.54) is 17.8 Å². The number of hydrogen-bond donors (Lipinski definition) is 1. The minimum atomic E-state index is -0.625. The highest BCUT2D eigenvalue weighted by atomic mass is 32.1. The van der Waals surface area contributed by atoms with Crippen molar-refractivity contribution in [3.63, 3.8) is 0 Å². The molecule has 1 aliphatic carbocycles. The van der Waals surface area contributed by atoms with Crippen molar-refractivity contribution in [1.29, 1.82) is 0 Å². The number of fused-ring (bicyclic) bond motifs is 2. The smallest absolute Gasteiger partial charge is 0.254 e. The Kier molecular flexibility index (Phi) is 4.79. The number of nitrogens with zero attached hydrogens (tertiary/aromatic N) is 3. The highest BCUT2D eigenvalue weighted by Gasteiger charge is 2.43. The zero-order chi connectivity index (χ0) is 22.5. The zero-order valence-corrected chi connectivity index (χ0v) is 18.8. The van der Waals surface area contributed by atoms with E-state index >= 15 is 0 Å². The Morgan fingerprint density at radius 2 is 1.94 bits per heavy atom. The van der Waals surface area contributed by atoms with E-state index in [0.29, 0.717) is 33.7 Å². The summed E-state index contributed by atoms with van der Waals surface area (Å²) in [4.78, 5) is 28.5. The Bertz CT molecular complexity index is 1250. The summed E-state index contributed by atoms with van der Waals surface area (Å²) in [5, 5.41) is 12.9. The summed E-state index contributed by atoms with van der Waals surface area (Å²) in [7, 11) is 1.73. The second-order valence-electron chi connectivity index (χ2n) is 8.60. The summed E-state index contributed by atoms with van der Waals surface area (Å²) >= 11 is 1.43. The quantitative estimate of drug-likeness (QED) is 0.628. The van der Waals surface area contributed by atoms with Gasteiger partial charge in [0, 0.05) is 18.5 Å². The molecule has 8 nitrogen and oxygen atoms in total. The van der Waals surface area contributed by atoms with Crippen molar-refractivity contribution in [2.24, 2.45) is 0 Å². The predicted octanol–water partition coefficient (Wildman–Crippen LogP) is 4.08. The molecule has 6 rings (SSSR count). The van der Waals surface area contributed by atoms with Crippen LogP contribution in [-0.4, -0.2) is 40.8 Å². The number of carbonyl (C=O) groups is 2. The average molecular weight is 463 g/mol. The first-order valence-electron chi connectivity index (χ1n) is 11.0. The van der Waals surface area contributed by atoms with Gasteiger partial charge in [-0.3, -0.25) is 14.9 Å². The Morgan fingerprint density at radius 3 is 2.76 bits per heavy atom. The first-order chi connectivity index (χ1) is 16.1. The molecule has 0 unspecified atom stereocenters. The van der Waals surface area contributed by atoms with Crippen molar-refractivity contribution in [3.8, 4) is 11.5 Å². The van der Waals surface area contributed by atoms with E-state index in [1.807, 2.05) is 36.4 Å². The molecule has 2 aromatic carbocycles. The van der Waals surface area contributed by atoms with Crippen LogP contribution in [-0.2, 0) is 4.79 Å². The second-order valence-corrected chi connectivity index (χ2v) is 9.61. The number of rotatable bonds is 4. The van der Waals surface area contributed by atoms with E-state index in [4.69, 9.17) is 9.47 Å². The van der Waals surface area contributed by atoms with E-state index < -0.39 is 12.0 Å². The SMILES string of the molecule is CN1C(=O)c2ccccc2[C@H](C(=O)Nc2nnc(C3CCC3)s2)[C@@H]1c1ccc2c(c1)OCO2. The zero-order valence-electron chi connectivity index (χ0n) is 18.0. The first-order valence-corrected chi connectivity index (χ1v) is 11.8. The molecular weight excluding hydrogens is 440 g/mol. The molecule has 1 fully saturated rings. The van der Waals surface area contributed by atoms with E-state index in [2.05, 4.69) is 15.5 Å². The number of carbonyl (C=O) groups excluding carboxylic acids is 2. The van der Waals surface area contributed by atoms with Gasteiger partial charge in [-0.2, -0.15) is 0 Å². The molecule has 3 aliphatic rings. The lowest BCUT2D eigenvalue weighted by Gasteiger charge is -2.39. The second kappa shape index (κ2) is 7.84. The molecular formula is C24H22N4O4S. The molecule has 2 aliphatic heterocycles. The molecule has 9 heteroatoms. The van der Waals surface area contributed by atoms with Gasteiger partial charge in [-0.15, -0.1) is 10.2 Å². The minimum absolute atomic E-state index is 0.125. The van der Waals surface area contributed by atoms with Crippen molar-refractivity contribution in [2.45, 2.75) is 37.1 Å². The molecule has 168 valence electrons. The standard InChI is InChI=1S/C24H22N4O4S/c1-28-20(14-9-10-17-18(11-14)32-12-31-17)19(15-7-2-3-8-16(15)23(28)30)21(29)25-24-27-26-22(33-24)13-5-4-6-13/h2-3,7-11,13,19-20H,4-6,12H2,1H3,(H,25,27,29)/t19-,20-/m0/s1. The lowest BCUT2D eigenvalue weighted by atomic mass is 9.79.